The Kier molecular flexibility index (Phi) is 4.68. The van der Waals surface area contributed by atoms with Crippen LogP contribution in [0.4, 0.5) is 0 Å². The van der Waals surface area contributed by atoms with Crippen LogP contribution in [-0.4, -0.2) is 28.5 Å². The molecule has 6 heteroatoms. The van der Waals surface area contributed by atoms with E-state index in [0.717, 1.165) is 34.1 Å². The van der Waals surface area contributed by atoms with Crippen molar-refractivity contribution in [2.24, 2.45) is 0 Å². The van der Waals surface area contributed by atoms with Crippen LogP contribution in [0.1, 0.15) is 11.3 Å². The minimum absolute atomic E-state index is 0.0684. The Hall–Kier alpha value is -1.95. The summed E-state index contributed by atoms with van der Waals surface area (Å²) in [5, 5.41) is 12.3. The van der Waals surface area contributed by atoms with Crippen LogP contribution in [0.2, 0.25) is 0 Å². The highest BCUT2D eigenvalue weighted by Gasteiger charge is 2.11. The van der Waals surface area contributed by atoms with E-state index in [1.54, 1.807) is 0 Å². The van der Waals surface area contributed by atoms with Crippen molar-refractivity contribution >= 4 is 34.6 Å². The number of carboxylic acid groups (broad SMARTS) is 1. The van der Waals surface area contributed by atoms with Gasteiger partial charge in [-0.3, -0.25) is 9.59 Å². The van der Waals surface area contributed by atoms with Crippen LogP contribution in [0.5, 0.6) is 0 Å². The summed E-state index contributed by atoms with van der Waals surface area (Å²) in [6, 6.07) is 7.66. The van der Waals surface area contributed by atoms with Crippen LogP contribution >= 0.6 is 11.8 Å². The van der Waals surface area contributed by atoms with Crippen LogP contribution in [0, 0.1) is 6.92 Å². The molecule has 0 saturated heterocycles. The first-order valence-electron chi connectivity index (χ1n) is 6.11. The number of carbonyl (C=O) groups excluding carboxylic acids is 1. The third-order valence-electron chi connectivity index (χ3n) is 2.82. The fourth-order valence-electron chi connectivity index (χ4n) is 1.91. The first kappa shape index (κ1) is 14.5. The molecule has 0 radical (unpaired) electrons. The predicted octanol–water partition coefficient (Wildman–Crippen LogP) is 2.18. The molecule has 5 nitrogen and oxygen atoms in total. The fourth-order valence-corrected chi connectivity index (χ4v) is 2.47. The van der Waals surface area contributed by atoms with Crippen molar-refractivity contribution in [1.29, 1.82) is 0 Å². The van der Waals surface area contributed by atoms with Crippen molar-refractivity contribution in [3.8, 4) is 0 Å². The number of para-hydroxylation sites is 1. The number of carboxylic acids is 1. The van der Waals surface area contributed by atoms with Gasteiger partial charge >= 0.3 is 5.97 Å². The molecule has 0 saturated carbocycles. The number of carbonyl (C=O) groups is 2. The summed E-state index contributed by atoms with van der Waals surface area (Å²) in [5.74, 6) is -0.243. The van der Waals surface area contributed by atoms with Gasteiger partial charge in [0.2, 0.25) is 5.91 Å². The van der Waals surface area contributed by atoms with Crippen LogP contribution in [0.25, 0.3) is 11.0 Å². The Balaban J connectivity index is 1.94. The zero-order valence-electron chi connectivity index (χ0n) is 11.0. The molecule has 2 rings (SSSR count). The van der Waals surface area contributed by atoms with Gasteiger partial charge in [-0.05, 0) is 13.0 Å². The normalized spacial score (nSPS) is 10.7. The molecule has 0 spiro atoms. The molecule has 0 bridgehead atoms. The second kappa shape index (κ2) is 6.47. The fraction of sp³-hybridized carbons (Fsp3) is 0.286. The summed E-state index contributed by atoms with van der Waals surface area (Å²) in [6.45, 7) is 2.25. The lowest BCUT2D eigenvalue weighted by molar-refractivity contribution is -0.133. The lowest BCUT2D eigenvalue weighted by atomic mass is 10.1. The minimum Gasteiger partial charge on any atom is -0.481 e. The first-order valence-corrected chi connectivity index (χ1v) is 7.26. The Bertz CT molecular complexity index is 635. The van der Waals surface area contributed by atoms with Crippen molar-refractivity contribution in [2.75, 3.05) is 11.5 Å². The highest BCUT2D eigenvalue weighted by Crippen LogP contribution is 2.24. The summed E-state index contributed by atoms with van der Waals surface area (Å²) in [7, 11) is 0. The van der Waals surface area contributed by atoms with E-state index in [1.165, 1.54) is 0 Å². The highest BCUT2D eigenvalue weighted by atomic mass is 32.2. The summed E-state index contributed by atoms with van der Waals surface area (Å²) in [4.78, 5) is 22.0. The van der Waals surface area contributed by atoms with Crippen LogP contribution in [0.3, 0.4) is 0 Å². The minimum atomic E-state index is -0.917. The second-order valence-corrected chi connectivity index (χ2v) is 5.28. The average Bonchev–Trinajstić information content (AvgIpc) is 2.71. The maximum Gasteiger partial charge on any atom is 0.313 e. The number of thioether (sulfide) groups is 1. The molecule has 1 aromatic heterocycles. The van der Waals surface area contributed by atoms with Gasteiger partial charge in [-0.1, -0.05) is 18.2 Å². The monoisotopic (exact) mass is 293 g/mol. The number of furan rings is 1. The van der Waals surface area contributed by atoms with Crippen LogP contribution in [-0.2, 0) is 16.1 Å². The number of aryl methyl sites for hydroxylation is 1. The van der Waals surface area contributed by atoms with Crippen LogP contribution < -0.4 is 5.32 Å². The number of amides is 1. The molecule has 0 fully saturated rings. The third-order valence-corrected chi connectivity index (χ3v) is 3.74. The van der Waals surface area contributed by atoms with Crippen LogP contribution in [0.15, 0.2) is 28.7 Å². The number of nitrogens with one attached hydrogen (secondary N) is 1. The van der Waals surface area contributed by atoms with Crippen molar-refractivity contribution in [3.05, 3.63) is 35.6 Å². The molecule has 0 aliphatic rings. The van der Waals surface area contributed by atoms with E-state index in [4.69, 9.17) is 9.52 Å². The van der Waals surface area contributed by atoms with Crippen molar-refractivity contribution in [3.63, 3.8) is 0 Å². The lowest BCUT2D eigenvalue weighted by Gasteiger charge is -2.04. The zero-order chi connectivity index (χ0) is 14.5. The van der Waals surface area contributed by atoms with Gasteiger partial charge in [0, 0.05) is 17.5 Å². The van der Waals surface area contributed by atoms with E-state index in [2.05, 4.69) is 5.32 Å². The van der Waals surface area contributed by atoms with E-state index in [-0.39, 0.29) is 17.4 Å². The molecule has 106 valence electrons. The molecule has 20 heavy (non-hydrogen) atoms. The van der Waals surface area contributed by atoms with Gasteiger partial charge < -0.3 is 14.8 Å². The molecule has 0 aliphatic carbocycles. The molecule has 0 unspecified atom stereocenters. The number of fused-ring (bicyclic) bond motifs is 1. The van der Waals surface area contributed by atoms with Gasteiger partial charge in [0.15, 0.2) is 0 Å². The largest absolute Gasteiger partial charge is 0.481 e. The average molecular weight is 293 g/mol. The number of hydrogen-bond acceptors (Lipinski definition) is 4. The summed E-state index contributed by atoms with van der Waals surface area (Å²) in [5.41, 5.74) is 1.76. The molecule has 1 amide bonds. The molecule has 1 heterocycles. The molecule has 0 atom stereocenters. The quantitative estimate of drug-likeness (QED) is 0.853. The second-order valence-electron chi connectivity index (χ2n) is 4.30. The summed E-state index contributed by atoms with van der Waals surface area (Å²) >= 11 is 1.08. The predicted molar refractivity (Wildman–Crippen MR) is 77.8 cm³/mol. The standard InChI is InChI=1S/C14H15NO4S/c1-9-11(10-4-2-3-5-12(10)19-9)6-15-13(16)7-20-8-14(17)18/h2-5H,6-8H2,1H3,(H,15,16)(H,17,18). The highest BCUT2D eigenvalue weighted by molar-refractivity contribution is 8.00. The van der Waals surface area contributed by atoms with Gasteiger partial charge in [-0.25, -0.2) is 0 Å². The summed E-state index contributed by atoms with van der Waals surface area (Å²) in [6.07, 6.45) is 0. The van der Waals surface area contributed by atoms with Crippen molar-refractivity contribution < 1.29 is 19.1 Å². The molecular weight excluding hydrogens is 278 g/mol. The van der Waals surface area contributed by atoms with Crippen molar-refractivity contribution in [1.82, 2.24) is 5.32 Å². The Morgan fingerprint density at radius 2 is 2.05 bits per heavy atom. The van der Waals surface area contributed by atoms with E-state index in [0.29, 0.717) is 6.54 Å². The zero-order valence-corrected chi connectivity index (χ0v) is 11.8. The lowest BCUT2D eigenvalue weighted by Crippen LogP contribution is -2.25. The van der Waals surface area contributed by atoms with E-state index in [9.17, 15) is 9.59 Å². The van der Waals surface area contributed by atoms with Crippen molar-refractivity contribution in [2.45, 2.75) is 13.5 Å². The Labute approximate surface area is 120 Å². The number of rotatable bonds is 6. The van der Waals surface area contributed by atoms with Gasteiger partial charge in [-0.15, -0.1) is 11.8 Å². The van der Waals surface area contributed by atoms with E-state index in [1.807, 2.05) is 31.2 Å². The Morgan fingerprint density at radius 3 is 2.80 bits per heavy atom. The van der Waals surface area contributed by atoms with E-state index >= 15 is 0 Å². The Morgan fingerprint density at radius 1 is 1.30 bits per heavy atom. The van der Waals surface area contributed by atoms with Gasteiger partial charge in [0.25, 0.3) is 0 Å². The number of hydrogen-bond donors (Lipinski definition) is 2. The maximum absolute atomic E-state index is 11.6. The molecular formula is C14H15NO4S. The van der Waals surface area contributed by atoms with Gasteiger partial charge in [-0.2, -0.15) is 0 Å². The molecule has 2 N–H and O–H groups in total. The molecule has 1 aromatic carbocycles. The van der Waals surface area contributed by atoms with Gasteiger partial charge in [0.05, 0.1) is 11.5 Å². The molecule has 0 aliphatic heterocycles. The topological polar surface area (TPSA) is 79.5 Å². The third kappa shape index (κ3) is 3.54. The first-order chi connectivity index (χ1) is 9.58. The number of benzene rings is 1. The smallest absolute Gasteiger partial charge is 0.313 e. The molecule has 2 aromatic rings. The number of aliphatic carboxylic acids is 1. The summed E-state index contributed by atoms with van der Waals surface area (Å²) < 4.78 is 5.61. The van der Waals surface area contributed by atoms with E-state index < -0.39 is 5.97 Å². The maximum atomic E-state index is 11.6. The van der Waals surface area contributed by atoms with Gasteiger partial charge in [0.1, 0.15) is 11.3 Å². The SMILES string of the molecule is Cc1oc2ccccc2c1CNC(=O)CSCC(=O)O.